The van der Waals surface area contributed by atoms with E-state index in [-0.39, 0.29) is 25.0 Å². The number of alkyl carbamates (subject to hydrolysis) is 1. The van der Waals surface area contributed by atoms with Gasteiger partial charge in [0, 0.05) is 25.0 Å². The summed E-state index contributed by atoms with van der Waals surface area (Å²) in [6, 6.07) is 15.2. The van der Waals surface area contributed by atoms with Crippen molar-refractivity contribution in [1.82, 2.24) is 10.6 Å². The summed E-state index contributed by atoms with van der Waals surface area (Å²) in [5.74, 6) is -1.89. The van der Waals surface area contributed by atoms with Crippen LogP contribution in [0.15, 0.2) is 48.5 Å². The molecule has 1 aliphatic carbocycles. The molecule has 1 saturated heterocycles. The summed E-state index contributed by atoms with van der Waals surface area (Å²) in [7, 11) is 0. The first-order chi connectivity index (χ1) is 16.7. The third-order valence-electron chi connectivity index (χ3n) is 6.72. The van der Waals surface area contributed by atoms with Gasteiger partial charge in [-0.2, -0.15) is 0 Å². The third-order valence-corrected chi connectivity index (χ3v) is 6.72. The highest BCUT2D eigenvalue weighted by Crippen LogP contribution is 2.44. The largest absolute Gasteiger partial charge is 0.480 e. The van der Waals surface area contributed by atoms with E-state index in [2.05, 4.69) is 34.9 Å². The Morgan fingerprint density at radius 1 is 1.06 bits per heavy atom. The van der Waals surface area contributed by atoms with Gasteiger partial charge in [-0.25, -0.2) is 9.59 Å². The van der Waals surface area contributed by atoms with Gasteiger partial charge in [0.1, 0.15) is 18.8 Å². The van der Waals surface area contributed by atoms with E-state index in [1.165, 1.54) is 0 Å². The maximum Gasteiger partial charge on any atom is 0.407 e. The number of carbonyl (C=O) groups excluding carboxylic acids is 2. The number of hydrogen-bond donors (Lipinski definition) is 3. The zero-order valence-electron chi connectivity index (χ0n) is 20.2. The third kappa shape index (κ3) is 5.32. The summed E-state index contributed by atoms with van der Waals surface area (Å²) in [5, 5.41) is 14.8. The van der Waals surface area contributed by atoms with Crippen molar-refractivity contribution in [1.29, 1.82) is 0 Å². The van der Waals surface area contributed by atoms with Gasteiger partial charge in [-0.1, -0.05) is 69.3 Å². The Labute approximate surface area is 205 Å². The van der Waals surface area contributed by atoms with E-state index < -0.39 is 35.5 Å². The normalized spacial score (nSPS) is 20.0. The lowest BCUT2D eigenvalue weighted by atomic mass is 9.86. The van der Waals surface area contributed by atoms with Crippen LogP contribution in [0.2, 0.25) is 0 Å². The van der Waals surface area contributed by atoms with Gasteiger partial charge >= 0.3 is 12.1 Å². The van der Waals surface area contributed by atoms with E-state index in [9.17, 15) is 19.5 Å². The lowest BCUT2D eigenvalue weighted by Gasteiger charge is -2.29. The fourth-order valence-electron chi connectivity index (χ4n) is 4.87. The SMILES string of the molecule is CC(C)(C)C(NC(=O)[C@H]1OCC[C@H]1CNC(=O)OCC1c2ccccc2-c2ccccc21)C(=O)O. The van der Waals surface area contributed by atoms with Crippen molar-refractivity contribution in [3.63, 3.8) is 0 Å². The highest BCUT2D eigenvalue weighted by molar-refractivity contribution is 5.87. The Bertz CT molecular complexity index is 1060. The quantitative estimate of drug-likeness (QED) is 0.559. The van der Waals surface area contributed by atoms with Crippen LogP contribution in [0.3, 0.4) is 0 Å². The zero-order chi connectivity index (χ0) is 25.2. The highest BCUT2D eigenvalue weighted by atomic mass is 16.5. The molecule has 8 heteroatoms. The molecule has 0 bridgehead atoms. The number of ether oxygens (including phenoxy) is 2. The first-order valence-electron chi connectivity index (χ1n) is 11.9. The number of amides is 2. The highest BCUT2D eigenvalue weighted by Gasteiger charge is 2.39. The Morgan fingerprint density at radius 3 is 2.23 bits per heavy atom. The maximum atomic E-state index is 12.8. The number of carboxylic acids is 1. The van der Waals surface area contributed by atoms with E-state index in [0.29, 0.717) is 13.0 Å². The molecule has 2 aromatic rings. The van der Waals surface area contributed by atoms with Crippen LogP contribution >= 0.6 is 0 Å². The van der Waals surface area contributed by atoms with Crippen molar-refractivity contribution in [2.45, 2.75) is 45.3 Å². The van der Waals surface area contributed by atoms with Crippen LogP contribution in [0.1, 0.15) is 44.2 Å². The van der Waals surface area contributed by atoms with Gasteiger partial charge in [-0.3, -0.25) is 4.79 Å². The second kappa shape index (κ2) is 10.1. The predicted octanol–water partition coefficient (Wildman–Crippen LogP) is 3.55. The molecule has 0 spiro atoms. The lowest BCUT2D eigenvalue weighted by molar-refractivity contribution is -0.147. The lowest BCUT2D eigenvalue weighted by Crippen LogP contribution is -2.53. The van der Waals surface area contributed by atoms with Crippen LogP contribution in [0, 0.1) is 11.3 Å². The van der Waals surface area contributed by atoms with Crippen molar-refractivity contribution in [2.24, 2.45) is 11.3 Å². The number of hydrogen-bond acceptors (Lipinski definition) is 5. The molecule has 35 heavy (non-hydrogen) atoms. The summed E-state index contributed by atoms with van der Waals surface area (Å²) < 4.78 is 11.1. The molecule has 8 nitrogen and oxygen atoms in total. The molecule has 0 radical (unpaired) electrons. The van der Waals surface area contributed by atoms with Crippen LogP contribution < -0.4 is 10.6 Å². The van der Waals surface area contributed by atoms with Gasteiger partial charge in [0.15, 0.2) is 0 Å². The number of carboxylic acid groups (broad SMARTS) is 1. The Balaban J connectivity index is 1.32. The van der Waals surface area contributed by atoms with Crippen molar-refractivity contribution in [2.75, 3.05) is 19.8 Å². The molecule has 3 atom stereocenters. The van der Waals surface area contributed by atoms with Crippen molar-refractivity contribution < 1.29 is 29.0 Å². The minimum absolute atomic E-state index is 0.0353. The summed E-state index contributed by atoms with van der Waals surface area (Å²) >= 11 is 0. The van der Waals surface area contributed by atoms with Crippen LogP contribution in [0.5, 0.6) is 0 Å². The second-order valence-electron chi connectivity index (χ2n) is 10.2. The van der Waals surface area contributed by atoms with E-state index >= 15 is 0 Å². The molecule has 1 heterocycles. The molecule has 2 amide bonds. The van der Waals surface area contributed by atoms with Gasteiger partial charge in [-0.15, -0.1) is 0 Å². The molecule has 1 fully saturated rings. The van der Waals surface area contributed by atoms with Crippen molar-refractivity contribution in [3.05, 3.63) is 59.7 Å². The molecule has 3 N–H and O–H groups in total. The first-order valence-corrected chi connectivity index (χ1v) is 11.9. The van der Waals surface area contributed by atoms with Crippen LogP contribution in [0.4, 0.5) is 4.79 Å². The summed E-state index contributed by atoms with van der Waals surface area (Å²) in [4.78, 5) is 36.9. The molecule has 4 rings (SSSR count). The molecule has 1 aliphatic heterocycles. The molecule has 2 aliphatic rings. The standard InChI is InChI=1S/C27H32N2O6/c1-27(2,3)23(25(31)32)29-24(30)22-16(12-13-34-22)14-28-26(33)35-15-21-19-10-6-4-8-17(19)18-9-5-7-11-20(18)21/h4-11,16,21-23H,12-15H2,1-3H3,(H,28,33)(H,29,30)(H,31,32)/t16-,22-,23?/m0/s1. The zero-order valence-corrected chi connectivity index (χ0v) is 20.2. The average molecular weight is 481 g/mol. The van der Waals surface area contributed by atoms with Crippen LogP contribution in [-0.4, -0.2) is 55.0 Å². The van der Waals surface area contributed by atoms with Gasteiger partial charge in [0.05, 0.1) is 0 Å². The van der Waals surface area contributed by atoms with Gasteiger partial charge in [0.2, 0.25) is 5.91 Å². The summed E-state index contributed by atoms with van der Waals surface area (Å²) in [6.45, 7) is 6.01. The minimum Gasteiger partial charge on any atom is -0.480 e. The molecule has 0 aromatic heterocycles. The average Bonchev–Trinajstić information content (AvgIpc) is 3.41. The topological polar surface area (TPSA) is 114 Å². The Morgan fingerprint density at radius 2 is 1.66 bits per heavy atom. The van der Waals surface area contributed by atoms with E-state index in [1.807, 2.05) is 24.3 Å². The number of rotatable bonds is 7. The number of nitrogens with one attached hydrogen (secondary N) is 2. The van der Waals surface area contributed by atoms with Crippen LogP contribution in [-0.2, 0) is 19.1 Å². The molecule has 1 unspecified atom stereocenters. The van der Waals surface area contributed by atoms with Crippen LogP contribution in [0.25, 0.3) is 11.1 Å². The fourth-order valence-corrected chi connectivity index (χ4v) is 4.87. The molecular weight excluding hydrogens is 448 g/mol. The molecular formula is C27H32N2O6. The number of benzene rings is 2. The van der Waals surface area contributed by atoms with E-state index in [1.54, 1.807) is 20.8 Å². The molecule has 186 valence electrons. The summed E-state index contributed by atoms with van der Waals surface area (Å²) in [5.41, 5.74) is 3.92. The van der Waals surface area contributed by atoms with Gasteiger partial charge < -0.3 is 25.2 Å². The van der Waals surface area contributed by atoms with Gasteiger partial charge in [-0.05, 0) is 34.1 Å². The van der Waals surface area contributed by atoms with E-state index in [4.69, 9.17) is 9.47 Å². The minimum atomic E-state index is -1.10. The number of carbonyl (C=O) groups is 3. The molecule has 2 aromatic carbocycles. The second-order valence-corrected chi connectivity index (χ2v) is 10.2. The number of fused-ring (bicyclic) bond motifs is 3. The van der Waals surface area contributed by atoms with Crippen molar-refractivity contribution in [3.8, 4) is 11.1 Å². The monoisotopic (exact) mass is 480 g/mol. The predicted molar refractivity (Wildman–Crippen MR) is 130 cm³/mol. The Kier molecular flexibility index (Phi) is 7.12. The Hall–Kier alpha value is -3.39. The van der Waals surface area contributed by atoms with Gasteiger partial charge in [0.25, 0.3) is 0 Å². The summed E-state index contributed by atoms with van der Waals surface area (Å²) in [6.07, 6.45) is -0.807. The van der Waals surface area contributed by atoms with Crippen molar-refractivity contribution >= 4 is 18.0 Å². The fraction of sp³-hybridized carbons (Fsp3) is 0.444. The number of aliphatic carboxylic acids is 1. The maximum absolute atomic E-state index is 12.8. The molecule has 0 saturated carbocycles. The smallest absolute Gasteiger partial charge is 0.407 e. The van der Waals surface area contributed by atoms with E-state index in [0.717, 1.165) is 22.3 Å². The first kappa shape index (κ1) is 24.7.